The Balaban J connectivity index is 2.80. The maximum atomic E-state index is 12.0. The Hall–Kier alpha value is -1.22. The molecule has 0 saturated heterocycles. The molecule has 1 aliphatic rings. The summed E-state index contributed by atoms with van der Waals surface area (Å²) >= 11 is 6.39. The van der Waals surface area contributed by atoms with E-state index >= 15 is 0 Å². The third-order valence-electron chi connectivity index (χ3n) is 4.68. The van der Waals surface area contributed by atoms with E-state index in [1.165, 1.54) is 0 Å². The van der Waals surface area contributed by atoms with Crippen LogP contribution in [0.4, 0.5) is 0 Å². The van der Waals surface area contributed by atoms with Gasteiger partial charge in [-0.1, -0.05) is 38.3 Å². The lowest BCUT2D eigenvalue weighted by atomic mass is 9.75. The van der Waals surface area contributed by atoms with Gasteiger partial charge in [0, 0.05) is 10.6 Å². The molecule has 0 amide bonds. The van der Waals surface area contributed by atoms with Gasteiger partial charge in [-0.05, 0) is 42.9 Å². The number of hydrogen-bond acceptors (Lipinski definition) is 2. The van der Waals surface area contributed by atoms with Gasteiger partial charge in [0.15, 0.2) is 0 Å². The third-order valence-corrected chi connectivity index (χ3v) is 5.07. The fraction of sp³-hybridized carbons (Fsp3) is 0.588. The second-order valence-electron chi connectivity index (χ2n) is 6.23. The normalized spacial score (nSPS) is 17.2. The van der Waals surface area contributed by atoms with Crippen LogP contribution in [0.25, 0.3) is 0 Å². The van der Waals surface area contributed by atoms with Crippen molar-refractivity contribution in [2.45, 2.75) is 57.8 Å². The van der Waals surface area contributed by atoms with E-state index < -0.39 is 11.4 Å². The monoisotopic (exact) mass is 310 g/mol. The summed E-state index contributed by atoms with van der Waals surface area (Å²) in [5, 5.41) is 10.5. The van der Waals surface area contributed by atoms with Crippen LogP contribution in [0.3, 0.4) is 0 Å². The molecule has 1 fully saturated rings. The van der Waals surface area contributed by atoms with Gasteiger partial charge in [-0.2, -0.15) is 0 Å². The van der Waals surface area contributed by atoms with Crippen LogP contribution in [0.5, 0.6) is 5.75 Å². The number of carboxylic acid groups (broad SMARTS) is 1. The number of halogens is 1. The van der Waals surface area contributed by atoms with E-state index in [2.05, 4.69) is 13.8 Å². The summed E-state index contributed by atoms with van der Waals surface area (Å²) in [6.45, 7) is 6.03. The summed E-state index contributed by atoms with van der Waals surface area (Å²) in [4.78, 5) is 12.0. The van der Waals surface area contributed by atoms with Crippen molar-refractivity contribution in [1.29, 1.82) is 0 Å². The number of methoxy groups -OCH3 is 1. The predicted molar refractivity (Wildman–Crippen MR) is 84.6 cm³/mol. The molecule has 2 rings (SSSR count). The van der Waals surface area contributed by atoms with Gasteiger partial charge in [-0.25, -0.2) is 0 Å². The Morgan fingerprint density at radius 2 is 1.95 bits per heavy atom. The summed E-state index contributed by atoms with van der Waals surface area (Å²) < 4.78 is 5.64. The number of aliphatic carboxylic acids is 1. The van der Waals surface area contributed by atoms with Crippen LogP contribution in [0.2, 0.25) is 5.02 Å². The average molecular weight is 311 g/mol. The zero-order valence-corrected chi connectivity index (χ0v) is 13.9. The number of hydrogen-bond donors (Lipinski definition) is 1. The maximum absolute atomic E-state index is 12.0. The van der Waals surface area contributed by atoms with Gasteiger partial charge < -0.3 is 9.84 Å². The van der Waals surface area contributed by atoms with Crippen molar-refractivity contribution < 1.29 is 14.6 Å². The van der Waals surface area contributed by atoms with Gasteiger partial charge >= 0.3 is 5.97 Å². The van der Waals surface area contributed by atoms with Crippen molar-refractivity contribution in [3.05, 3.63) is 27.8 Å². The molecule has 4 heteroatoms. The fourth-order valence-corrected chi connectivity index (χ4v) is 3.73. The zero-order valence-electron chi connectivity index (χ0n) is 13.1. The van der Waals surface area contributed by atoms with Crippen LogP contribution in [-0.2, 0) is 10.2 Å². The Morgan fingerprint density at radius 3 is 2.38 bits per heavy atom. The second-order valence-corrected chi connectivity index (χ2v) is 6.64. The molecule has 1 aliphatic carbocycles. The molecule has 21 heavy (non-hydrogen) atoms. The van der Waals surface area contributed by atoms with Gasteiger partial charge in [0.05, 0.1) is 12.5 Å². The molecule has 3 nitrogen and oxygen atoms in total. The van der Waals surface area contributed by atoms with Crippen molar-refractivity contribution in [3.63, 3.8) is 0 Å². The minimum atomic E-state index is -0.857. The summed E-state index contributed by atoms with van der Waals surface area (Å²) in [5.41, 5.74) is 1.74. The lowest BCUT2D eigenvalue weighted by Crippen LogP contribution is -2.34. The molecule has 1 aromatic rings. The van der Waals surface area contributed by atoms with Gasteiger partial charge in [0.2, 0.25) is 0 Å². The quantitative estimate of drug-likeness (QED) is 0.878. The molecule has 0 bridgehead atoms. The number of carbonyl (C=O) groups is 1. The Kier molecular flexibility index (Phi) is 4.52. The Labute approximate surface area is 131 Å². The largest absolute Gasteiger partial charge is 0.496 e. The van der Waals surface area contributed by atoms with Gasteiger partial charge in [-0.15, -0.1) is 0 Å². The summed E-state index contributed by atoms with van der Waals surface area (Å²) in [6, 6.07) is 1.91. The zero-order chi connectivity index (χ0) is 15.8. The molecule has 0 atom stereocenters. The van der Waals surface area contributed by atoms with Gasteiger partial charge in [-0.3, -0.25) is 4.79 Å². The molecule has 0 heterocycles. The van der Waals surface area contributed by atoms with Crippen LogP contribution in [0.15, 0.2) is 6.07 Å². The summed E-state index contributed by atoms with van der Waals surface area (Å²) in [5.74, 6) is 0.165. The highest BCUT2D eigenvalue weighted by Crippen LogP contribution is 2.50. The van der Waals surface area contributed by atoms with E-state index in [1.807, 2.05) is 13.0 Å². The highest BCUT2D eigenvalue weighted by atomic mass is 35.5. The minimum absolute atomic E-state index is 0.226. The van der Waals surface area contributed by atoms with Crippen molar-refractivity contribution in [2.75, 3.05) is 7.11 Å². The average Bonchev–Trinajstić information content (AvgIpc) is 2.91. The topological polar surface area (TPSA) is 46.5 Å². The van der Waals surface area contributed by atoms with Crippen LogP contribution in [-0.4, -0.2) is 18.2 Å². The Morgan fingerprint density at radius 1 is 1.38 bits per heavy atom. The molecular formula is C17H23ClO3. The molecule has 0 spiro atoms. The van der Waals surface area contributed by atoms with E-state index in [-0.39, 0.29) is 5.92 Å². The Bertz CT molecular complexity index is 558. The molecule has 0 aromatic heterocycles. The standard InChI is InChI=1S/C17H23ClO3/c1-10(2)12-9-13(18)11(3)14(15(12)21-4)17(16(19)20)7-5-6-8-17/h9-10H,5-8H2,1-4H3,(H,19,20). The van der Waals surface area contributed by atoms with Crippen LogP contribution in [0.1, 0.15) is 62.1 Å². The first-order chi connectivity index (χ1) is 9.85. The van der Waals surface area contributed by atoms with E-state index in [1.54, 1.807) is 7.11 Å². The molecule has 0 aliphatic heterocycles. The SMILES string of the molecule is COc1c(C(C)C)cc(Cl)c(C)c1C1(C(=O)O)CCCC1. The second kappa shape index (κ2) is 5.88. The summed E-state index contributed by atoms with van der Waals surface area (Å²) in [6.07, 6.45) is 3.16. The predicted octanol–water partition coefficient (Wildman–Crippen LogP) is 4.68. The van der Waals surface area contributed by atoms with E-state index in [9.17, 15) is 9.90 Å². The molecule has 116 valence electrons. The van der Waals surface area contributed by atoms with E-state index in [4.69, 9.17) is 16.3 Å². The molecule has 1 N–H and O–H groups in total. The first-order valence-corrected chi connectivity index (χ1v) is 7.83. The fourth-order valence-electron chi connectivity index (χ4n) is 3.52. The van der Waals surface area contributed by atoms with Crippen LogP contribution < -0.4 is 4.74 Å². The van der Waals surface area contributed by atoms with E-state index in [0.717, 1.165) is 29.5 Å². The highest BCUT2D eigenvalue weighted by molar-refractivity contribution is 6.31. The van der Waals surface area contributed by atoms with Crippen molar-refractivity contribution in [1.82, 2.24) is 0 Å². The first kappa shape index (κ1) is 16.2. The van der Waals surface area contributed by atoms with Gasteiger partial charge in [0.1, 0.15) is 5.75 Å². The number of rotatable bonds is 4. The maximum Gasteiger partial charge on any atom is 0.314 e. The van der Waals surface area contributed by atoms with Crippen molar-refractivity contribution in [3.8, 4) is 5.75 Å². The molecule has 1 saturated carbocycles. The lowest BCUT2D eigenvalue weighted by Gasteiger charge is -2.30. The third kappa shape index (κ3) is 2.52. The number of benzene rings is 1. The number of ether oxygens (including phenoxy) is 1. The van der Waals surface area contributed by atoms with Crippen LogP contribution in [0, 0.1) is 6.92 Å². The van der Waals surface area contributed by atoms with Crippen molar-refractivity contribution >= 4 is 17.6 Å². The summed E-state index contributed by atoms with van der Waals surface area (Å²) in [7, 11) is 1.61. The smallest absolute Gasteiger partial charge is 0.314 e. The highest BCUT2D eigenvalue weighted by Gasteiger charge is 2.46. The van der Waals surface area contributed by atoms with E-state index in [0.29, 0.717) is 23.6 Å². The van der Waals surface area contributed by atoms with Gasteiger partial charge in [0.25, 0.3) is 0 Å². The van der Waals surface area contributed by atoms with Crippen LogP contribution >= 0.6 is 11.6 Å². The minimum Gasteiger partial charge on any atom is -0.496 e. The molecular weight excluding hydrogens is 288 g/mol. The molecule has 1 aromatic carbocycles. The van der Waals surface area contributed by atoms with Crippen molar-refractivity contribution in [2.24, 2.45) is 0 Å². The first-order valence-electron chi connectivity index (χ1n) is 7.46. The lowest BCUT2D eigenvalue weighted by molar-refractivity contribution is -0.143. The molecule has 0 unspecified atom stereocenters. The molecule has 0 radical (unpaired) electrons. The number of carboxylic acids is 1.